The Morgan fingerprint density at radius 1 is 1.17 bits per heavy atom. The zero-order chi connectivity index (χ0) is 21.3. The Hall–Kier alpha value is -2.81. The smallest absolute Gasteiger partial charge is 0.345 e. The number of aromatic nitrogens is 3. The summed E-state index contributed by atoms with van der Waals surface area (Å²) in [6, 6.07) is 5.63. The zero-order valence-corrected chi connectivity index (χ0v) is 17.8. The summed E-state index contributed by atoms with van der Waals surface area (Å²) in [6.07, 6.45) is 3.91. The van der Waals surface area contributed by atoms with Crippen molar-refractivity contribution in [2.45, 2.75) is 37.6 Å². The number of hydrogen-bond acceptors (Lipinski definition) is 6. The summed E-state index contributed by atoms with van der Waals surface area (Å²) in [5.41, 5.74) is 0.614. The first-order valence-electron chi connectivity index (χ1n) is 10.4. The van der Waals surface area contributed by atoms with Gasteiger partial charge in [0.15, 0.2) is 0 Å². The van der Waals surface area contributed by atoms with Crippen molar-refractivity contribution >= 4 is 11.6 Å². The number of anilines is 1. The monoisotopic (exact) mass is 415 g/mol. The van der Waals surface area contributed by atoms with Gasteiger partial charge in [-0.1, -0.05) is 0 Å². The Balaban J connectivity index is 1.34. The molecule has 2 aromatic rings. The number of hydrogen-bond donors (Lipinski definition) is 1. The second-order valence-electron chi connectivity index (χ2n) is 8.03. The van der Waals surface area contributed by atoms with Crippen LogP contribution in [0.2, 0.25) is 0 Å². The van der Waals surface area contributed by atoms with E-state index in [4.69, 9.17) is 9.47 Å². The van der Waals surface area contributed by atoms with Crippen LogP contribution in [0, 0.1) is 0 Å². The number of likely N-dealkylation sites (tertiary alicyclic amines) is 1. The highest BCUT2D eigenvalue weighted by molar-refractivity contribution is 5.93. The van der Waals surface area contributed by atoms with Crippen LogP contribution in [0.4, 0.5) is 5.69 Å². The van der Waals surface area contributed by atoms with Gasteiger partial charge < -0.3 is 14.8 Å². The Labute approximate surface area is 175 Å². The molecule has 9 nitrogen and oxygen atoms in total. The van der Waals surface area contributed by atoms with E-state index in [2.05, 4.69) is 15.3 Å². The SMILES string of the molecule is COc1ccc(NC(=O)CN2CCC(c3nn(C)c(=O)n3C3CC3)CC2)c(OC)c1. The summed E-state index contributed by atoms with van der Waals surface area (Å²) in [6.45, 7) is 1.92. The molecule has 1 amide bonds. The molecular formula is C21H29N5O4. The van der Waals surface area contributed by atoms with E-state index in [0.29, 0.717) is 29.8 Å². The van der Waals surface area contributed by atoms with Gasteiger partial charge in [-0.3, -0.25) is 14.3 Å². The number of carbonyl (C=O) groups excluding carboxylic acids is 1. The number of methoxy groups -OCH3 is 2. The molecule has 1 aliphatic carbocycles. The molecule has 0 spiro atoms. The molecule has 0 atom stereocenters. The Kier molecular flexibility index (Phi) is 5.80. The van der Waals surface area contributed by atoms with E-state index in [1.165, 1.54) is 4.68 Å². The van der Waals surface area contributed by atoms with Gasteiger partial charge in [0.05, 0.1) is 26.5 Å². The highest BCUT2D eigenvalue weighted by Gasteiger charge is 2.33. The molecule has 1 aromatic carbocycles. The molecule has 1 N–H and O–H groups in total. The minimum atomic E-state index is -0.0790. The van der Waals surface area contributed by atoms with Crippen LogP contribution >= 0.6 is 0 Å². The number of rotatable bonds is 7. The summed E-state index contributed by atoms with van der Waals surface area (Å²) < 4.78 is 13.9. The fraction of sp³-hybridized carbons (Fsp3) is 0.571. The van der Waals surface area contributed by atoms with Gasteiger partial charge in [0.25, 0.3) is 0 Å². The van der Waals surface area contributed by atoms with Crippen LogP contribution in [-0.4, -0.2) is 59.0 Å². The lowest BCUT2D eigenvalue weighted by Crippen LogP contribution is -2.39. The molecule has 0 radical (unpaired) electrons. The van der Waals surface area contributed by atoms with Crippen molar-refractivity contribution in [3.8, 4) is 11.5 Å². The van der Waals surface area contributed by atoms with Gasteiger partial charge in [-0.2, -0.15) is 5.10 Å². The number of nitrogens with zero attached hydrogens (tertiary/aromatic N) is 4. The average molecular weight is 415 g/mol. The van der Waals surface area contributed by atoms with Gasteiger partial charge in [-0.05, 0) is 50.9 Å². The molecule has 4 rings (SSSR count). The van der Waals surface area contributed by atoms with E-state index in [1.54, 1.807) is 39.5 Å². The standard InChI is InChI=1S/C21H29N5O4/c1-24-21(28)26(15-4-5-15)20(23-24)14-8-10-25(11-9-14)13-19(27)22-17-7-6-16(29-2)12-18(17)30-3/h6-7,12,14-15H,4-5,8-11,13H2,1-3H3,(H,22,27). The molecule has 2 fully saturated rings. The van der Waals surface area contributed by atoms with Gasteiger partial charge in [-0.15, -0.1) is 0 Å². The number of nitrogens with one attached hydrogen (secondary N) is 1. The molecular weight excluding hydrogens is 386 g/mol. The van der Waals surface area contributed by atoms with Crippen molar-refractivity contribution in [3.05, 3.63) is 34.5 Å². The van der Waals surface area contributed by atoms with Crippen molar-refractivity contribution in [2.75, 3.05) is 39.2 Å². The highest BCUT2D eigenvalue weighted by atomic mass is 16.5. The second-order valence-corrected chi connectivity index (χ2v) is 8.03. The van der Waals surface area contributed by atoms with Crippen molar-refractivity contribution in [1.29, 1.82) is 0 Å². The van der Waals surface area contributed by atoms with Crippen LogP contribution in [0.3, 0.4) is 0 Å². The predicted molar refractivity (Wildman–Crippen MR) is 112 cm³/mol. The molecule has 2 heterocycles. The molecule has 1 aromatic heterocycles. The Bertz CT molecular complexity index is 970. The number of amides is 1. The van der Waals surface area contributed by atoms with E-state index >= 15 is 0 Å². The third kappa shape index (κ3) is 4.21. The number of benzene rings is 1. The summed E-state index contributed by atoms with van der Waals surface area (Å²) >= 11 is 0. The van der Waals surface area contributed by atoms with Gasteiger partial charge in [0.1, 0.15) is 17.3 Å². The fourth-order valence-electron chi connectivity index (χ4n) is 4.10. The number of ether oxygens (including phenoxy) is 2. The van der Waals surface area contributed by atoms with Crippen LogP contribution in [-0.2, 0) is 11.8 Å². The molecule has 1 saturated carbocycles. The molecule has 1 saturated heterocycles. The van der Waals surface area contributed by atoms with E-state index in [-0.39, 0.29) is 17.5 Å². The minimum Gasteiger partial charge on any atom is -0.497 e. The summed E-state index contributed by atoms with van der Waals surface area (Å²) in [5.74, 6) is 2.34. The average Bonchev–Trinajstić information content (AvgIpc) is 3.54. The van der Waals surface area contributed by atoms with Crippen LogP contribution in [0.5, 0.6) is 11.5 Å². The number of carbonyl (C=O) groups is 1. The predicted octanol–water partition coefficient (Wildman–Crippen LogP) is 1.75. The molecule has 162 valence electrons. The van der Waals surface area contributed by atoms with Crippen LogP contribution in [0.25, 0.3) is 0 Å². The maximum atomic E-state index is 12.6. The topological polar surface area (TPSA) is 90.6 Å². The molecule has 1 aliphatic heterocycles. The van der Waals surface area contributed by atoms with Crippen LogP contribution in [0.15, 0.2) is 23.0 Å². The number of piperidine rings is 1. The Morgan fingerprint density at radius 3 is 2.53 bits per heavy atom. The van der Waals surface area contributed by atoms with Crippen LogP contribution < -0.4 is 20.5 Å². The lowest BCUT2D eigenvalue weighted by molar-refractivity contribution is -0.117. The fourth-order valence-corrected chi connectivity index (χ4v) is 4.10. The van der Waals surface area contributed by atoms with Crippen molar-refractivity contribution in [1.82, 2.24) is 19.2 Å². The number of aryl methyl sites for hydroxylation is 1. The van der Waals surface area contributed by atoms with Crippen molar-refractivity contribution in [3.63, 3.8) is 0 Å². The van der Waals surface area contributed by atoms with E-state index in [0.717, 1.165) is 44.6 Å². The zero-order valence-electron chi connectivity index (χ0n) is 17.8. The van der Waals surface area contributed by atoms with Gasteiger partial charge >= 0.3 is 5.69 Å². The van der Waals surface area contributed by atoms with Gasteiger partial charge in [-0.25, -0.2) is 9.48 Å². The van der Waals surface area contributed by atoms with Crippen molar-refractivity contribution < 1.29 is 14.3 Å². The van der Waals surface area contributed by atoms with Gasteiger partial charge in [0.2, 0.25) is 5.91 Å². The van der Waals surface area contributed by atoms with E-state index in [1.807, 2.05) is 4.57 Å². The third-order valence-electron chi connectivity index (χ3n) is 5.90. The van der Waals surface area contributed by atoms with E-state index in [9.17, 15) is 9.59 Å². The third-order valence-corrected chi connectivity index (χ3v) is 5.90. The quantitative estimate of drug-likeness (QED) is 0.741. The first kappa shape index (κ1) is 20.5. The molecule has 2 aliphatic rings. The second kappa shape index (κ2) is 8.51. The molecule has 9 heteroatoms. The Morgan fingerprint density at radius 2 is 1.90 bits per heavy atom. The largest absolute Gasteiger partial charge is 0.497 e. The minimum absolute atomic E-state index is 0.0113. The lowest BCUT2D eigenvalue weighted by atomic mass is 9.96. The van der Waals surface area contributed by atoms with Gasteiger partial charge in [0, 0.05) is 25.1 Å². The summed E-state index contributed by atoms with van der Waals surface area (Å²) in [4.78, 5) is 27.1. The normalized spacial score (nSPS) is 17.7. The molecule has 0 bridgehead atoms. The van der Waals surface area contributed by atoms with E-state index < -0.39 is 0 Å². The van der Waals surface area contributed by atoms with Crippen LogP contribution in [0.1, 0.15) is 43.5 Å². The first-order valence-corrected chi connectivity index (χ1v) is 10.4. The first-order chi connectivity index (χ1) is 14.5. The molecule has 0 unspecified atom stereocenters. The highest BCUT2D eigenvalue weighted by Crippen LogP contribution is 2.37. The summed E-state index contributed by atoms with van der Waals surface area (Å²) in [5, 5.41) is 7.44. The maximum Gasteiger partial charge on any atom is 0.345 e. The summed E-state index contributed by atoms with van der Waals surface area (Å²) in [7, 11) is 4.87. The van der Waals surface area contributed by atoms with Crippen molar-refractivity contribution in [2.24, 2.45) is 7.05 Å². The maximum absolute atomic E-state index is 12.6. The molecule has 30 heavy (non-hydrogen) atoms. The lowest BCUT2D eigenvalue weighted by Gasteiger charge is -2.31.